The minimum absolute atomic E-state index is 0.318. The third kappa shape index (κ3) is 5.31. The summed E-state index contributed by atoms with van der Waals surface area (Å²) >= 11 is 0. The fourth-order valence-electron chi connectivity index (χ4n) is 4.39. The molecule has 0 unspecified atom stereocenters. The fourth-order valence-corrected chi connectivity index (χ4v) is 4.39. The van der Waals surface area contributed by atoms with Crippen LogP contribution in [0.15, 0.2) is 18.2 Å². The van der Waals surface area contributed by atoms with Gasteiger partial charge in [-0.3, -0.25) is 14.6 Å². The molecule has 1 heterocycles. The summed E-state index contributed by atoms with van der Waals surface area (Å²) in [6.45, 7) is 13.1. The quantitative estimate of drug-likeness (QED) is 0.726. The van der Waals surface area contributed by atoms with E-state index in [-0.39, 0.29) is 5.91 Å². The average Bonchev–Trinajstić information content (AvgIpc) is 2.64. The third-order valence-corrected chi connectivity index (χ3v) is 5.84. The molecule has 1 aromatic rings. The number of amides is 1. The minimum Gasteiger partial charge on any atom is -0.366 e. The first-order valence-electron chi connectivity index (χ1n) is 10.4. The van der Waals surface area contributed by atoms with Gasteiger partial charge in [0.2, 0.25) is 5.91 Å². The van der Waals surface area contributed by atoms with Crippen molar-refractivity contribution in [1.29, 1.82) is 0 Å². The van der Waals surface area contributed by atoms with Gasteiger partial charge in [0.05, 0.1) is 0 Å². The van der Waals surface area contributed by atoms with E-state index in [1.807, 2.05) is 13.0 Å². The van der Waals surface area contributed by atoms with Crippen LogP contribution in [-0.4, -0.2) is 47.4 Å². The van der Waals surface area contributed by atoms with E-state index >= 15 is 0 Å². The molecule has 1 aromatic carbocycles. The molecule has 2 rings (SSSR count). The normalized spacial score (nSPS) is 16.5. The number of rotatable bonds is 9. The van der Waals surface area contributed by atoms with E-state index in [1.165, 1.54) is 38.6 Å². The van der Waals surface area contributed by atoms with Crippen LogP contribution in [0.2, 0.25) is 0 Å². The lowest BCUT2D eigenvalue weighted by atomic mass is 9.97. The second-order valence-electron chi connectivity index (χ2n) is 7.74. The standard InChI is InChI=1S/C22H37N3O/c1-5-12-25(19(6-2)7-3)20-10-13-24(14-11-20)16-18-9-8-17(4)15-21(18)22(23)26/h8-9,15,19-20H,5-7,10-14,16H2,1-4H3,(H2,23,26). The molecule has 4 nitrogen and oxygen atoms in total. The largest absolute Gasteiger partial charge is 0.366 e. The maximum absolute atomic E-state index is 11.8. The van der Waals surface area contributed by atoms with Gasteiger partial charge in [0.15, 0.2) is 0 Å². The summed E-state index contributed by atoms with van der Waals surface area (Å²) < 4.78 is 0. The molecule has 0 aromatic heterocycles. The SMILES string of the molecule is CCCN(C(CC)CC)C1CCN(Cc2ccc(C)cc2C(N)=O)CC1. The van der Waals surface area contributed by atoms with Gasteiger partial charge in [0.1, 0.15) is 0 Å². The highest BCUT2D eigenvalue weighted by Crippen LogP contribution is 2.24. The molecule has 0 radical (unpaired) electrons. The van der Waals surface area contributed by atoms with Crippen LogP contribution < -0.4 is 5.73 Å². The summed E-state index contributed by atoms with van der Waals surface area (Å²) in [7, 11) is 0. The number of carbonyl (C=O) groups excluding carboxylic acids is 1. The minimum atomic E-state index is -0.318. The molecule has 1 aliphatic heterocycles. The Hall–Kier alpha value is -1.39. The van der Waals surface area contributed by atoms with E-state index in [0.29, 0.717) is 17.6 Å². The predicted octanol–water partition coefficient (Wildman–Crippen LogP) is 3.96. The van der Waals surface area contributed by atoms with E-state index in [4.69, 9.17) is 5.73 Å². The van der Waals surface area contributed by atoms with Crippen molar-refractivity contribution in [3.05, 3.63) is 34.9 Å². The number of piperidine rings is 1. The van der Waals surface area contributed by atoms with Crippen molar-refractivity contribution in [3.8, 4) is 0 Å². The first-order chi connectivity index (χ1) is 12.5. The van der Waals surface area contributed by atoms with Crippen LogP contribution in [0.5, 0.6) is 0 Å². The van der Waals surface area contributed by atoms with Crippen LogP contribution in [0, 0.1) is 6.92 Å². The topological polar surface area (TPSA) is 49.6 Å². The van der Waals surface area contributed by atoms with Crippen LogP contribution in [0.1, 0.15) is 74.4 Å². The summed E-state index contributed by atoms with van der Waals surface area (Å²) in [4.78, 5) is 17.0. The van der Waals surface area contributed by atoms with Gasteiger partial charge in [-0.25, -0.2) is 0 Å². The molecule has 146 valence electrons. The van der Waals surface area contributed by atoms with Crippen LogP contribution in [0.3, 0.4) is 0 Å². The molecule has 0 bridgehead atoms. The molecule has 4 heteroatoms. The smallest absolute Gasteiger partial charge is 0.249 e. The van der Waals surface area contributed by atoms with Crippen molar-refractivity contribution in [2.75, 3.05) is 19.6 Å². The zero-order chi connectivity index (χ0) is 19.1. The van der Waals surface area contributed by atoms with E-state index in [1.54, 1.807) is 0 Å². The molecule has 26 heavy (non-hydrogen) atoms. The maximum Gasteiger partial charge on any atom is 0.249 e. The Labute approximate surface area is 159 Å². The summed E-state index contributed by atoms with van der Waals surface area (Å²) in [6.07, 6.45) is 6.13. The molecule has 1 aliphatic rings. The van der Waals surface area contributed by atoms with Crippen LogP contribution >= 0.6 is 0 Å². The Morgan fingerprint density at radius 1 is 1.23 bits per heavy atom. The first kappa shape index (κ1) is 20.9. The predicted molar refractivity (Wildman–Crippen MR) is 109 cm³/mol. The number of likely N-dealkylation sites (tertiary alicyclic amines) is 1. The summed E-state index contributed by atoms with van der Waals surface area (Å²) in [5, 5.41) is 0. The number of primary amides is 1. The zero-order valence-electron chi connectivity index (χ0n) is 17.1. The number of hydrogen-bond acceptors (Lipinski definition) is 3. The van der Waals surface area contributed by atoms with Crippen molar-refractivity contribution in [2.24, 2.45) is 5.73 Å². The van der Waals surface area contributed by atoms with Gasteiger partial charge in [0.25, 0.3) is 0 Å². The lowest BCUT2D eigenvalue weighted by molar-refractivity contribution is 0.0667. The van der Waals surface area contributed by atoms with Crippen molar-refractivity contribution in [1.82, 2.24) is 9.80 Å². The molecule has 1 amide bonds. The zero-order valence-corrected chi connectivity index (χ0v) is 17.1. The van der Waals surface area contributed by atoms with E-state index < -0.39 is 0 Å². The van der Waals surface area contributed by atoms with Crippen LogP contribution in [0.25, 0.3) is 0 Å². The van der Waals surface area contributed by atoms with Gasteiger partial charge < -0.3 is 5.73 Å². The molecule has 0 atom stereocenters. The van der Waals surface area contributed by atoms with Crippen molar-refractivity contribution >= 4 is 5.91 Å². The number of carbonyl (C=O) groups is 1. The lowest BCUT2D eigenvalue weighted by Gasteiger charge is -2.42. The number of benzene rings is 1. The monoisotopic (exact) mass is 359 g/mol. The van der Waals surface area contributed by atoms with Gasteiger partial charge in [-0.2, -0.15) is 0 Å². The molecule has 0 saturated carbocycles. The molecule has 0 aliphatic carbocycles. The van der Waals surface area contributed by atoms with Gasteiger partial charge in [-0.1, -0.05) is 38.5 Å². The Morgan fingerprint density at radius 2 is 1.88 bits per heavy atom. The fraction of sp³-hybridized carbons (Fsp3) is 0.682. The molecule has 0 spiro atoms. The average molecular weight is 360 g/mol. The van der Waals surface area contributed by atoms with Crippen molar-refractivity contribution in [3.63, 3.8) is 0 Å². The van der Waals surface area contributed by atoms with E-state index in [0.717, 1.165) is 30.8 Å². The third-order valence-electron chi connectivity index (χ3n) is 5.84. The highest BCUT2D eigenvalue weighted by atomic mass is 16.1. The van der Waals surface area contributed by atoms with Gasteiger partial charge in [-0.15, -0.1) is 0 Å². The number of hydrogen-bond donors (Lipinski definition) is 1. The van der Waals surface area contributed by atoms with Crippen LogP contribution in [-0.2, 0) is 6.54 Å². The summed E-state index contributed by atoms with van der Waals surface area (Å²) in [6, 6.07) is 7.47. The second kappa shape index (κ2) is 10.1. The van der Waals surface area contributed by atoms with Gasteiger partial charge in [0, 0.05) is 24.2 Å². The Balaban J connectivity index is 1.99. The van der Waals surface area contributed by atoms with E-state index in [9.17, 15) is 4.79 Å². The van der Waals surface area contributed by atoms with Crippen LogP contribution in [0.4, 0.5) is 0 Å². The molecule has 1 saturated heterocycles. The van der Waals surface area contributed by atoms with Gasteiger partial charge in [-0.05, 0) is 70.3 Å². The molecular formula is C22H37N3O. The highest BCUT2D eigenvalue weighted by molar-refractivity contribution is 5.94. The Kier molecular flexibility index (Phi) is 8.11. The van der Waals surface area contributed by atoms with E-state index in [2.05, 4.69) is 42.7 Å². The summed E-state index contributed by atoms with van der Waals surface area (Å²) in [5.74, 6) is -0.318. The highest BCUT2D eigenvalue weighted by Gasteiger charge is 2.28. The Morgan fingerprint density at radius 3 is 2.42 bits per heavy atom. The lowest BCUT2D eigenvalue weighted by Crippen LogP contribution is -2.49. The molecule has 2 N–H and O–H groups in total. The van der Waals surface area contributed by atoms with Crippen molar-refractivity contribution < 1.29 is 4.79 Å². The molecular weight excluding hydrogens is 322 g/mol. The molecule has 1 fully saturated rings. The second-order valence-corrected chi connectivity index (χ2v) is 7.74. The Bertz CT molecular complexity index is 575. The summed E-state index contributed by atoms with van der Waals surface area (Å²) in [5.41, 5.74) is 8.41. The van der Waals surface area contributed by atoms with Crippen molar-refractivity contribution in [2.45, 2.75) is 78.4 Å². The van der Waals surface area contributed by atoms with Gasteiger partial charge >= 0.3 is 0 Å². The number of aryl methyl sites for hydroxylation is 1. The number of nitrogens with two attached hydrogens (primary N) is 1. The first-order valence-corrected chi connectivity index (χ1v) is 10.4. The maximum atomic E-state index is 11.8. The number of nitrogens with zero attached hydrogens (tertiary/aromatic N) is 2.